The molecule has 0 spiro atoms. The Bertz CT molecular complexity index is 277. The first-order valence-electron chi connectivity index (χ1n) is 3.92. The van der Waals surface area contributed by atoms with Gasteiger partial charge >= 0.3 is 6.03 Å². The lowest BCUT2D eigenvalue weighted by Crippen LogP contribution is -2.46. The molecule has 0 unspecified atom stereocenters. The van der Waals surface area contributed by atoms with Crippen molar-refractivity contribution in [2.45, 2.75) is 19.8 Å². The van der Waals surface area contributed by atoms with Crippen LogP contribution in [0.1, 0.15) is 25.3 Å². The van der Waals surface area contributed by atoms with Crippen molar-refractivity contribution in [3.05, 3.63) is 30.1 Å². The molecule has 64 valence electrons. The van der Waals surface area contributed by atoms with Crippen molar-refractivity contribution < 1.29 is 9.36 Å². The average Bonchev–Trinajstić information content (AvgIpc) is 2.04. The molecule has 0 aliphatic heterocycles. The van der Waals surface area contributed by atoms with Gasteiger partial charge in [0.25, 0.3) is 0 Å². The van der Waals surface area contributed by atoms with E-state index in [9.17, 15) is 4.79 Å². The molecule has 0 bridgehead atoms. The summed E-state index contributed by atoms with van der Waals surface area (Å²) in [7, 11) is 0. The van der Waals surface area contributed by atoms with Crippen LogP contribution in [0.5, 0.6) is 0 Å². The zero-order valence-corrected chi connectivity index (χ0v) is 7.32. The van der Waals surface area contributed by atoms with Crippen LogP contribution in [0.15, 0.2) is 24.5 Å². The summed E-state index contributed by atoms with van der Waals surface area (Å²) in [4.78, 5) is 10.7. The largest absolute Gasteiger partial charge is 0.493 e. The fraction of sp³-hybridized carbons (Fsp3) is 0.333. The molecule has 0 saturated heterocycles. The molecule has 0 radical (unpaired) electrons. The second kappa shape index (κ2) is 3.34. The number of nitrogens with zero attached hydrogens (tertiary/aromatic N) is 1. The summed E-state index contributed by atoms with van der Waals surface area (Å²) >= 11 is 0. The molecule has 12 heavy (non-hydrogen) atoms. The summed E-state index contributed by atoms with van der Waals surface area (Å²) in [5.74, 6) is 0.479. The molecule has 1 rings (SSSR count). The van der Waals surface area contributed by atoms with Crippen molar-refractivity contribution in [2.24, 2.45) is 5.73 Å². The molecule has 0 fully saturated rings. The van der Waals surface area contributed by atoms with Gasteiger partial charge in [-0.25, -0.2) is 0 Å². The van der Waals surface area contributed by atoms with E-state index in [1.165, 1.54) is 10.1 Å². The zero-order valence-electron chi connectivity index (χ0n) is 7.32. The normalized spacial score (nSPS) is 10.2. The van der Waals surface area contributed by atoms with Crippen molar-refractivity contribution in [1.29, 1.82) is 0 Å². The van der Waals surface area contributed by atoms with E-state index >= 15 is 0 Å². The second-order valence-electron chi connectivity index (χ2n) is 3.03. The third-order valence-electron chi connectivity index (χ3n) is 1.78. The summed E-state index contributed by atoms with van der Waals surface area (Å²) < 4.78 is 1.35. The number of aromatic nitrogens is 1. The van der Waals surface area contributed by atoms with Gasteiger partial charge in [0.1, 0.15) is 0 Å². The van der Waals surface area contributed by atoms with Gasteiger partial charge in [-0.05, 0) is 23.6 Å². The minimum Gasteiger partial charge on any atom is -0.250 e. The SMILES string of the molecule is CC(C)c1cc[n+](C(N)=O)cc1. The second-order valence-corrected chi connectivity index (χ2v) is 3.03. The number of amides is 1. The van der Waals surface area contributed by atoms with Gasteiger partial charge in [0, 0.05) is 0 Å². The van der Waals surface area contributed by atoms with Gasteiger partial charge < -0.3 is 0 Å². The fourth-order valence-electron chi connectivity index (χ4n) is 0.970. The average molecular weight is 165 g/mol. The maximum Gasteiger partial charge on any atom is 0.493 e. The highest BCUT2D eigenvalue weighted by Gasteiger charge is 2.05. The van der Waals surface area contributed by atoms with E-state index < -0.39 is 6.03 Å². The molecule has 1 aromatic rings. The van der Waals surface area contributed by atoms with Crippen LogP contribution in [0, 0.1) is 0 Å². The predicted molar refractivity (Wildman–Crippen MR) is 45.7 cm³/mol. The fourth-order valence-corrected chi connectivity index (χ4v) is 0.970. The molecule has 2 N–H and O–H groups in total. The lowest BCUT2D eigenvalue weighted by Gasteiger charge is -2.02. The van der Waals surface area contributed by atoms with Crippen LogP contribution in [0.4, 0.5) is 4.79 Å². The summed E-state index contributed by atoms with van der Waals surface area (Å²) in [6.07, 6.45) is 3.36. The molecular weight excluding hydrogens is 152 g/mol. The van der Waals surface area contributed by atoms with Crippen molar-refractivity contribution >= 4 is 6.03 Å². The maximum absolute atomic E-state index is 10.7. The monoisotopic (exact) mass is 165 g/mol. The Kier molecular flexibility index (Phi) is 2.43. The summed E-state index contributed by atoms with van der Waals surface area (Å²) in [5.41, 5.74) is 6.27. The van der Waals surface area contributed by atoms with Gasteiger partial charge in [-0.2, -0.15) is 9.36 Å². The topological polar surface area (TPSA) is 47.0 Å². The summed E-state index contributed by atoms with van der Waals surface area (Å²) in [5, 5.41) is 0. The molecule has 1 heterocycles. The molecule has 3 nitrogen and oxygen atoms in total. The van der Waals surface area contributed by atoms with E-state index in [-0.39, 0.29) is 0 Å². The van der Waals surface area contributed by atoms with Crippen LogP contribution in [0.25, 0.3) is 0 Å². The third-order valence-corrected chi connectivity index (χ3v) is 1.78. The Balaban J connectivity index is 2.93. The van der Waals surface area contributed by atoms with Gasteiger partial charge in [0.05, 0.1) is 12.4 Å². The summed E-state index contributed by atoms with van der Waals surface area (Å²) in [6.45, 7) is 4.20. The lowest BCUT2D eigenvalue weighted by molar-refractivity contribution is -0.569. The van der Waals surface area contributed by atoms with E-state index in [0.717, 1.165) is 0 Å². The molecule has 1 aromatic heterocycles. The molecule has 0 aliphatic carbocycles. The Morgan fingerprint density at radius 2 is 1.92 bits per heavy atom. The number of hydrogen-bond donors (Lipinski definition) is 1. The van der Waals surface area contributed by atoms with Gasteiger partial charge in [0.2, 0.25) is 0 Å². The number of primary amides is 1. The number of rotatable bonds is 1. The molecule has 3 heteroatoms. The van der Waals surface area contributed by atoms with Crippen LogP contribution in [0.2, 0.25) is 0 Å². The highest BCUT2D eigenvalue weighted by molar-refractivity contribution is 5.61. The minimum absolute atomic E-state index is 0.453. The quantitative estimate of drug-likeness (QED) is 0.620. The standard InChI is InChI=1S/C9H12N2O/c1-7(2)8-3-5-11(6-4-8)9(10)12/h3-7H,1-2H3,(H-,10,12)/p+1. The molecule has 0 aliphatic rings. The highest BCUT2D eigenvalue weighted by Crippen LogP contribution is 2.10. The van der Waals surface area contributed by atoms with Crippen molar-refractivity contribution in [2.75, 3.05) is 0 Å². The molecule has 1 amide bonds. The van der Waals surface area contributed by atoms with E-state index in [1.807, 2.05) is 12.1 Å². The van der Waals surface area contributed by atoms with E-state index in [2.05, 4.69) is 13.8 Å². The number of hydrogen-bond acceptors (Lipinski definition) is 1. The van der Waals surface area contributed by atoms with Gasteiger partial charge in [-0.15, -0.1) is 0 Å². The number of pyridine rings is 1. The molecular formula is C9H13N2O+. The number of carbonyl (C=O) groups excluding carboxylic acids is 1. The maximum atomic E-state index is 10.7. The van der Waals surface area contributed by atoms with E-state index in [0.29, 0.717) is 5.92 Å². The van der Waals surface area contributed by atoms with Crippen LogP contribution < -0.4 is 10.3 Å². The molecule has 0 saturated carbocycles. The summed E-state index contributed by atoms with van der Waals surface area (Å²) in [6, 6.07) is 3.34. The van der Waals surface area contributed by atoms with Crippen LogP contribution >= 0.6 is 0 Å². The number of carbonyl (C=O) groups is 1. The van der Waals surface area contributed by atoms with Crippen LogP contribution in [-0.2, 0) is 0 Å². The van der Waals surface area contributed by atoms with E-state index in [1.54, 1.807) is 12.4 Å². The Morgan fingerprint density at radius 3 is 2.25 bits per heavy atom. The molecule has 0 atom stereocenters. The van der Waals surface area contributed by atoms with E-state index in [4.69, 9.17) is 5.73 Å². The minimum atomic E-state index is -0.453. The smallest absolute Gasteiger partial charge is 0.250 e. The zero-order chi connectivity index (χ0) is 9.14. The van der Waals surface area contributed by atoms with Gasteiger partial charge in [-0.1, -0.05) is 13.8 Å². The van der Waals surface area contributed by atoms with Gasteiger partial charge in [-0.3, -0.25) is 5.73 Å². The Morgan fingerprint density at radius 1 is 1.42 bits per heavy atom. The molecule has 0 aromatic carbocycles. The lowest BCUT2D eigenvalue weighted by atomic mass is 10.1. The number of nitrogens with two attached hydrogens (primary N) is 1. The van der Waals surface area contributed by atoms with Crippen LogP contribution in [-0.4, -0.2) is 6.03 Å². The Hall–Kier alpha value is -1.38. The first-order chi connectivity index (χ1) is 5.61. The van der Waals surface area contributed by atoms with Gasteiger partial charge in [0.15, 0.2) is 0 Å². The highest BCUT2D eigenvalue weighted by atomic mass is 16.2. The Labute approximate surface area is 71.8 Å². The predicted octanol–water partition coefficient (Wildman–Crippen LogP) is 1.02. The van der Waals surface area contributed by atoms with Crippen molar-refractivity contribution in [3.8, 4) is 0 Å². The van der Waals surface area contributed by atoms with Crippen LogP contribution in [0.3, 0.4) is 0 Å². The van der Waals surface area contributed by atoms with Crippen molar-refractivity contribution in [1.82, 2.24) is 0 Å². The third kappa shape index (κ3) is 1.81. The first kappa shape index (κ1) is 8.71. The first-order valence-corrected chi connectivity index (χ1v) is 3.92. The van der Waals surface area contributed by atoms with Crippen molar-refractivity contribution in [3.63, 3.8) is 0 Å².